The lowest BCUT2D eigenvalue weighted by molar-refractivity contribution is 0.596. The molecule has 0 aliphatic carbocycles. The third-order valence-electron chi connectivity index (χ3n) is 2.88. The van der Waals surface area contributed by atoms with Gasteiger partial charge in [0.25, 0.3) is 10.0 Å². The molecule has 2 rings (SSSR count). The van der Waals surface area contributed by atoms with Crippen molar-refractivity contribution in [1.82, 2.24) is 0 Å². The topological polar surface area (TPSA) is 37.4 Å². The van der Waals surface area contributed by atoms with Crippen molar-refractivity contribution < 1.29 is 8.42 Å². The minimum Gasteiger partial charge on any atom is -0.200 e. The fourth-order valence-electron chi connectivity index (χ4n) is 1.80. The number of anilines is 1. The van der Waals surface area contributed by atoms with E-state index in [0.29, 0.717) is 9.26 Å². The summed E-state index contributed by atoms with van der Waals surface area (Å²) >= 11 is 2.04. The van der Waals surface area contributed by atoms with Crippen molar-refractivity contribution in [2.45, 2.75) is 24.5 Å². The van der Waals surface area contributed by atoms with Crippen LogP contribution < -0.4 is 4.31 Å². The van der Waals surface area contributed by atoms with Gasteiger partial charge in [-0.05, 0) is 46.9 Å². The van der Waals surface area contributed by atoms with Crippen LogP contribution in [0.3, 0.4) is 0 Å². The standard InChI is InChI=1S/C17H18INO2SSi/c1-23(2,3)14-13-19(15-9-5-4-6-10-15)22(20,21)17-12-8-7-11-16(17)18/h4-12H,1-3H3. The fourth-order valence-corrected chi connectivity index (χ4v) is 4.87. The third-order valence-corrected chi connectivity index (χ3v) is 6.74. The Morgan fingerprint density at radius 1 is 0.957 bits per heavy atom. The number of hydrogen-bond acceptors (Lipinski definition) is 2. The van der Waals surface area contributed by atoms with Crippen LogP contribution in [0, 0.1) is 15.2 Å². The molecule has 2 aromatic rings. The normalized spacial score (nSPS) is 11.5. The summed E-state index contributed by atoms with van der Waals surface area (Å²) in [6.45, 7) is 6.26. The zero-order valence-electron chi connectivity index (χ0n) is 13.2. The van der Waals surface area contributed by atoms with E-state index in [9.17, 15) is 8.42 Å². The zero-order chi connectivity index (χ0) is 17.1. The molecule has 0 radical (unpaired) electrons. The summed E-state index contributed by atoms with van der Waals surface area (Å²) < 4.78 is 28.1. The second-order valence-electron chi connectivity index (χ2n) is 6.02. The van der Waals surface area contributed by atoms with Crippen LogP contribution >= 0.6 is 22.6 Å². The van der Waals surface area contributed by atoms with E-state index in [1.54, 1.807) is 30.3 Å². The molecule has 120 valence electrons. The monoisotopic (exact) mass is 455 g/mol. The van der Waals surface area contributed by atoms with Gasteiger partial charge < -0.3 is 0 Å². The van der Waals surface area contributed by atoms with Crippen LogP contribution in [-0.2, 0) is 10.0 Å². The first-order valence-corrected chi connectivity index (χ1v) is 13.1. The lowest BCUT2D eigenvalue weighted by Crippen LogP contribution is -2.28. The first-order chi connectivity index (χ1) is 10.7. The van der Waals surface area contributed by atoms with Crippen LogP contribution in [-0.4, -0.2) is 16.5 Å². The average molecular weight is 455 g/mol. The van der Waals surface area contributed by atoms with E-state index in [1.165, 1.54) is 4.31 Å². The highest BCUT2D eigenvalue weighted by atomic mass is 127. The summed E-state index contributed by atoms with van der Waals surface area (Å²) in [6.07, 6.45) is 0. The maximum Gasteiger partial charge on any atom is 0.276 e. The van der Waals surface area contributed by atoms with Crippen LogP contribution in [0.5, 0.6) is 0 Å². The van der Waals surface area contributed by atoms with Crippen LogP contribution in [0.25, 0.3) is 0 Å². The van der Waals surface area contributed by atoms with Gasteiger partial charge in [0.1, 0.15) is 13.0 Å². The van der Waals surface area contributed by atoms with E-state index in [-0.39, 0.29) is 4.90 Å². The van der Waals surface area contributed by atoms with E-state index in [2.05, 4.69) is 31.2 Å². The largest absolute Gasteiger partial charge is 0.276 e. The van der Waals surface area contributed by atoms with Gasteiger partial charge in [0.2, 0.25) is 0 Å². The lowest BCUT2D eigenvalue weighted by Gasteiger charge is -2.19. The lowest BCUT2D eigenvalue weighted by atomic mass is 10.3. The second-order valence-corrected chi connectivity index (χ2v) is 13.7. The smallest absolute Gasteiger partial charge is 0.200 e. The molecule has 0 saturated carbocycles. The van der Waals surface area contributed by atoms with Gasteiger partial charge in [-0.1, -0.05) is 50.0 Å². The molecular weight excluding hydrogens is 437 g/mol. The highest BCUT2D eigenvalue weighted by molar-refractivity contribution is 14.1. The molecule has 6 heteroatoms. The molecule has 0 N–H and O–H groups in total. The molecule has 0 heterocycles. The summed E-state index contributed by atoms with van der Waals surface area (Å²) in [6, 6.07) is 18.8. The molecule has 0 aliphatic heterocycles. The Balaban J connectivity index is 2.62. The van der Waals surface area contributed by atoms with Crippen LogP contribution in [0.2, 0.25) is 19.6 Å². The molecule has 0 unspecified atom stereocenters. The Kier molecular flexibility index (Phi) is 5.55. The van der Waals surface area contributed by atoms with Crippen LogP contribution in [0.1, 0.15) is 0 Å². The van der Waals surface area contributed by atoms with Crippen molar-refractivity contribution in [3.63, 3.8) is 0 Å². The van der Waals surface area contributed by atoms with Gasteiger partial charge in [-0.2, -0.15) is 4.31 Å². The first kappa shape index (κ1) is 18.0. The summed E-state index contributed by atoms with van der Waals surface area (Å²) in [5, 5.41) is 0. The highest BCUT2D eigenvalue weighted by Gasteiger charge is 2.26. The number of benzene rings is 2. The number of hydrogen-bond donors (Lipinski definition) is 0. The van der Waals surface area contributed by atoms with E-state index in [1.807, 2.05) is 46.9 Å². The van der Waals surface area contributed by atoms with Crippen molar-refractivity contribution in [2.75, 3.05) is 4.31 Å². The quantitative estimate of drug-likeness (QED) is 0.299. The molecule has 0 bridgehead atoms. The van der Waals surface area contributed by atoms with Gasteiger partial charge in [0.15, 0.2) is 0 Å². The predicted molar refractivity (Wildman–Crippen MR) is 106 cm³/mol. The van der Waals surface area contributed by atoms with Crippen molar-refractivity contribution in [3.8, 4) is 11.6 Å². The average Bonchev–Trinajstić information content (AvgIpc) is 2.47. The minimum atomic E-state index is -3.73. The number of nitrogens with zero attached hydrogens (tertiary/aromatic N) is 1. The van der Waals surface area contributed by atoms with Crippen LogP contribution in [0.15, 0.2) is 59.5 Å². The SMILES string of the molecule is C[Si](C)(C)C#CN(c1ccccc1)S(=O)(=O)c1ccccc1I. The molecule has 3 nitrogen and oxygen atoms in total. The zero-order valence-corrected chi connectivity index (χ0v) is 17.2. The van der Waals surface area contributed by atoms with Gasteiger partial charge in [0.05, 0.1) is 5.69 Å². The number of rotatable bonds is 3. The van der Waals surface area contributed by atoms with Crippen LogP contribution in [0.4, 0.5) is 5.69 Å². The van der Waals surface area contributed by atoms with Crippen molar-refractivity contribution in [3.05, 3.63) is 58.2 Å². The molecule has 0 amide bonds. The maximum atomic E-state index is 13.1. The highest BCUT2D eigenvalue weighted by Crippen LogP contribution is 2.26. The van der Waals surface area contributed by atoms with E-state index in [0.717, 1.165) is 0 Å². The molecule has 0 spiro atoms. The van der Waals surface area contributed by atoms with Crippen molar-refractivity contribution >= 4 is 46.4 Å². The summed E-state index contributed by atoms with van der Waals surface area (Å²) in [7, 11) is -5.45. The molecule has 0 saturated heterocycles. The van der Waals surface area contributed by atoms with Gasteiger partial charge >= 0.3 is 0 Å². The molecule has 0 aromatic heterocycles. The Morgan fingerprint density at radius 2 is 1.52 bits per heavy atom. The van der Waals surface area contributed by atoms with Gasteiger partial charge in [-0.25, -0.2) is 8.42 Å². The van der Waals surface area contributed by atoms with Gasteiger partial charge in [0, 0.05) is 9.61 Å². The fraction of sp³-hybridized carbons (Fsp3) is 0.176. The van der Waals surface area contributed by atoms with Crippen molar-refractivity contribution in [1.29, 1.82) is 0 Å². The molecule has 0 aliphatic rings. The van der Waals surface area contributed by atoms with E-state index in [4.69, 9.17) is 0 Å². The molecule has 23 heavy (non-hydrogen) atoms. The van der Waals surface area contributed by atoms with E-state index < -0.39 is 18.1 Å². The Bertz CT molecular complexity index is 849. The predicted octanol–water partition coefficient (Wildman–Crippen LogP) is 4.32. The molecule has 2 aromatic carbocycles. The number of halogens is 1. The summed E-state index contributed by atoms with van der Waals surface area (Å²) in [4.78, 5) is 0.273. The Hall–Kier alpha value is -1.30. The second kappa shape index (κ2) is 7.07. The molecule has 0 fully saturated rings. The summed E-state index contributed by atoms with van der Waals surface area (Å²) in [5.74, 6) is 0. The molecular formula is C17H18INO2SSi. The molecule has 0 atom stereocenters. The first-order valence-electron chi connectivity index (χ1n) is 7.09. The van der Waals surface area contributed by atoms with Crippen molar-refractivity contribution in [2.24, 2.45) is 0 Å². The number of para-hydroxylation sites is 1. The Labute approximate surface area is 152 Å². The van der Waals surface area contributed by atoms with Gasteiger partial charge in [-0.3, -0.25) is 0 Å². The third kappa shape index (κ3) is 4.59. The Morgan fingerprint density at radius 3 is 2.09 bits per heavy atom. The van der Waals surface area contributed by atoms with E-state index >= 15 is 0 Å². The maximum absolute atomic E-state index is 13.1. The number of sulfonamides is 1. The minimum absolute atomic E-state index is 0.273. The van der Waals surface area contributed by atoms with Gasteiger partial charge in [-0.15, -0.1) is 5.54 Å². The summed E-state index contributed by atoms with van der Waals surface area (Å²) in [5.41, 5.74) is 3.70.